The first-order chi connectivity index (χ1) is 12.5. The lowest BCUT2D eigenvalue weighted by molar-refractivity contribution is 0.0600. The van der Waals surface area contributed by atoms with Gasteiger partial charge in [0.1, 0.15) is 5.82 Å². The van der Waals surface area contributed by atoms with Crippen molar-refractivity contribution in [3.63, 3.8) is 0 Å². The van der Waals surface area contributed by atoms with Crippen LogP contribution in [0.25, 0.3) is 16.7 Å². The van der Waals surface area contributed by atoms with Gasteiger partial charge in [-0.15, -0.1) is 10.2 Å². The smallest absolute Gasteiger partial charge is 0.338 e. The molecule has 0 atom stereocenters. The Labute approximate surface area is 156 Å². The maximum atomic E-state index is 12.0. The summed E-state index contributed by atoms with van der Waals surface area (Å²) in [6.07, 6.45) is 4.59. The number of nitrogens with zero attached hydrogens (tertiary/aromatic N) is 4. The van der Waals surface area contributed by atoms with Gasteiger partial charge in [0, 0.05) is 5.92 Å². The van der Waals surface area contributed by atoms with Gasteiger partial charge in [-0.1, -0.05) is 31.4 Å². The average molecular weight is 373 g/mol. The molecular weight excluding hydrogens is 352 g/mol. The normalized spacial score (nSPS) is 20.6. The number of hydrogen-bond acceptors (Lipinski definition) is 5. The third kappa shape index (κ3) is 2.72. The SMILES string of the molecule is COC(=O)c1cc2nc(Cl)c3nnc(C4CCC(C)CC4)n3c2cc1C. The lowest BCUT2D eigenvalue weighted by Crippen LogP contribution is -2.14. The van der Waals surface area contributed by atoms with Gasteiger partial charge >= 0.3 is 5.97 Å². The first-order valence-electron chi connectivity index (χ1n) is 8.92. The summed E-state index contributed by atoms with van der Waals surface area (Å²) in [5, 5.41) is 9.04. The molecule has 0 bridgehead atoms. The van der Waals surface area contributed by atoms with Crippen LogP contribution in [0.2, 0.25) is 5.15 Å². The molecular formula is C19H21ClN4O2. The van der Waals surface area contributed by atoms with Gasteiger partial charge in [-0.05, 0) is 43.4 Å². The number of halogens is 1. The molecule has 7 heteroatoms. The Morgan fingerprint density at radius 3 is 2.65 bits per heavy atom. The first-order valence-corrected chi connectivity index (χ1v) is 9.30. The van der Waals surface area contributed by atoms with E-state index in [4.69, 9.17) is 16.3 Å². The molecule has 136 valence electrons. The molecule has 0 radical (unpaired) electrons. The molecule has 0 spiro atoms. The van der Waals surface area contributed by atoms with Crippen molar-refractivity contribution in [3.05, 3.63) is 34.2 Å². The lowest BCUT2D eigenvalue weighted by atomic mass is 9.82. The second kappa shape index (κ2) is 6.50. The fourth-order valence-electron chi connectivity index (χ4n) is 3.89. The summed E-state index contributed by atoms with van der Waals surface area (Å²) in [6, 6.07) is 3.67. The van der Waals surface area contributed by atoms with Crippen molar-refractivity contribution in [2.45, 2.75) is 45.4 Å². The number of aryl methyl sites for hydroxylation is 1. The molecule has 0 N–H and O–H groups in total. The van der Waals surface area contributed by atoms with Crippen LogP contribution in [-0.2, 0) is 4.74 Å². The summed E-state index contributed by atoms with van der Waals surface area (Å²) in [5.41, 5.74) is 3.39. The van der Waals surface area contributed by atoms with Gasteiger partial charge in [0.25, 0.3) is 0 Å². The maximum Gasteiger partial charge on any atom is 0.338 e. The molecule has 3 aromatic rings. The Kier molecular flexibility index (Phi) is 4.31. The van der Waals surface area contributed by atoms with Crippen molar-refractivity contribution in [3.8, 4) is 0 Å². The Morgan fingerprint density at radius 2 is 1.96 bits per heavy atom. The third-order valence-corrected chi connectivity index (χ3v) is 5.69. The van der Waals surface area contributed by atoms with Crippen molar-refractivity contribution in [1.82, 2.24) is 19.6 Å². The Balaban J connectivity index is 1.94. The molecule has 1 fully saturated rings. The molecule has 4 rings (SSSR count). The summed E-state index contributed by atoms with van der Waals surface area (Å²) in [7, 11) is 1.37. The van der Waals surface area contributed by atoms with Crippen LogP contribution in [0.1, 0.15) is 60.3 Å². The summed E-state index contributed by atoms with van der Waals surface area (Å²) in [5.74, 6) is 1.68. The van der Waals surface area contributed by atoms with Crippen LogP contribution in [0.4, 0.5) is 0 Å². The van der Waals surface area contributed by atoms with Crippen LogP contribution in [0.15, 0.2) is 12.1 Å². The van der Waals surface area contributed by atoms with E-state index < -0.39 is 0 Å². The molecule has 2 aromatic heterocycles. The van der Waals surface area contributed by atoms with Gasteiger partial charge in [0.15, 0.2) is 10.8 Å². The number of rotatable bonds is 2. The highest BCUT2D eigenvalue weighted by molar-refractivity contribution is 6.32. The zero-order chi connectivity index (χ0) is 18.4. The number of hydrogen-bond donors (Lipinski definition) is 0. The van der Waals surface area contributed by atoms with Crippen molar-refractivity contribution in [2.75, 3.05) is 7.11 Å². The van der Waals surface area contributed by atoms with Crippen LogP contribution >= 0.6 is 11.6 Å². The molecule has 26 heavy (non-hydrogen) atoms. The lowest BCUT2D eigenvalue weighted by Gasteiger charge is -2.25. The second-order valence-electron chi connectivity index (χ2n) is 7.22. The average Bonchev–Trinajstić information content (AvgIpc) is 3.08. The third-order valence-electron chi connectivity index (χ3n) is 5.44. The van der Waals surface area contributed by atoms with E-state index in [0.29, 0.717) is 27.8 Å². The number of carbonyl (C=O) groups excluding carboxylic acids is 1. The van der Waals surface area contributed by atoms with Gasteiger partial charge in [0.2, 0.25) is 0 Å². The summed E-state index contributed by atoms with van der Waals surface area (Å²) >= 11 is 6.37. The number of methoxy groups -OCH3 is 1. The highest BCUT2D eigenvalue weighted by Gasteiger charge is 2.26. The fourth-order valence-corrected chi connectivity index (χ4v) is 4.10. The Bertz CT molecular complexity index is 1010. The number of ether oxygens (including phenoxy) is 1. The summed E-state index contributed by atoms with van der Waals surface area (Å²) in [6.45, 7) is 4.19. The van der Waals surface area contributed by atoms with E-state index in [1.165, 1.54) is 20.0 Å². The first kappa shape index (κ1) is 17.2. The van der Waals surface area contributed by atoms with Crippen LogP contribution in [0, 0.1) is 12.8 Å². The topological polar surface area (TPSA) is 69.4 Å². The minimum atomic E-state index is -0.382. The minimum Gasteiger partial charge on any atom is -0.465 e. The molecule has 2 heterocycles. The predicted octanol–water partition coefficient (Wildman–Crippen LogP) is 4.32. The van der Waals surface area contributed by atoms with Gasteiger partial charge in [0.05, 0.1) is 23.7 Å². The van der Waals surface area contributed by atoms with Crippen molar-refractivity contribution in [2.24, 2.45) is 5.92 Å². The Hall–Kier alpha value is -2.21. The van der Waals surface area contributed by atoms with E-state index in [1.807, 2.05) is 17.4 Å². The number of aromatic nitrogens is 4. The van der Waals surface area contributed by atoms with Gasteiger partial charge in [-0.2, -0.15) is 0 Å². The molecule has 0 saturated heterocycles. The van der Waals surface area contributed by atoms with Gasteiger partial charge in [-0.3, -0.25) is 4.40 Å². The molecule has 0 unspecified atom stereocenters. The standard InChI is InChI=1S/C19H21ClN4O2/c1-10-4-6-12(7-5-10)17-22-23-18-16(20)21-14-9-13(19(25)26-3)11(2)8-15(14)24(17)18/h8-10,12H,4-7H2,1-3H3. The number of esters is 1. The molecule has 1 aliphatic rings. The monoisotopic (exact) mass is 372 g/mol. The van der Waals surface area contributed by atoms with E-state index in [0.717, 1.165) is 35.7 Å². The Morgan fingerprint density at radius 1 is 1.23 bits per heavy atom. The highest BCUT2D eigenvalue weighted by atomic mass is 35.5. The van der Waals surface area contributed by atoms with Crippen molar-refractivity contribution in [1.29, 1.82) is 0 Å². The summed E-state index contributed by atoms with van der Waals surface area (Å²) < 4.78 is 6.88. The maximum absolute atomic E-state index is 12.0. The van der Waals surface area contributed by atoms with E-state index in [1.54, 1.807) is 6.07 Å². The van der Waals surface area contributed by atoms with Crippen LogP contribution in [0.5, 0.6) is 0 Å². The van der Waals surface area contributed by atoms with Crippen LogP contribution < -0.4 is 0 Å². The number of fused-ring (bicyclic) bond motifs is 3. The molecule has 6 nitrogen and oxygen atoms in total. The number of benzene rings is 1. The van der Waals surface area contributed by atoms with E-state index in [2.05, 4.69) is 22.1 Å². The van der Waals surface area contributed by atoms with E-state index in [-0.39, 0.29) is 5.97 Å². The van der Waals surface area contributed by atoms with Crippen molar-refractivity contribution < 1.29 is 9.53 Å². The molecule has 0 aliphatic heterocycles. The van der Waals surface area contributed by atoms with Crippen molar-refractivity contribution >= 4 is 34.3 Å². The molecule has 1 saturated carbocycles. The highest BCUT2D eigenvalue weighted by Crippen LogP contribution is 2.36. The van der Waals surface area contributed by atoms with Crippen LogP contribution in [-0.4, -0.2) is 32.7 Å². The molecule has 1 aromatic carbocycles. The van der Waals surface area contributed by atoms with Gasteiger partial charge in [-0.25, -0.2) is 9.78 Å². The predicted molar refractivity (Wildman–Crippen MR) is 99.7 cm³/mol. The zero-order valence-electron chi connectivity index (χ0n) is 15.1. The quantitative estimate of drug-likeness (QED) is 0.626. The molecule has 0 amide bonds. The zero-order valence-corrected chi connectivity index (χ0v) is 15.9. The number of carbonyl (C=O) groups is 1. The second-order valence-corrected chi connectivity index (χ2v) is 7.58. The van der Waals surface area contributed by atoms with E-state index >= 15 is 0 Å². The molecule has 1 aliphatic carbocycles. The minimum absolute atomic E-state index is 0.292. The fraction of sp³-hybridized carbons (Fsp3) is 0.474. The van der Waals surface area contributed by atoms with Gasteiger partial charge < -0.3 is 4.74 Å². The largest absolute Gasteiger partial charge is 0.465 e. The van der Waals surface area contributed by atoms with Crippen LogP contribution in [0.3, 0.4) is 0 Å². The summed E-state index contributed by atoms with van der Waals surface area (Å²) in [4.78, 5) is 16.4. The van der Waals surface area contributed by atoms with E-state index in [9.17, 15) is 4.79 Å².